The van der Waals surface area contributed by atoms with Gasteiger partial charge in [0.2, 0.25) is 0 Å². The molecule has 0 bridgehead atoms. The Bertz CT molecular complexity index is 8.00. The van der Waals surface area contributed by atoms with Crippen molar-refractivity contribution in [2.24, 2.45) is 0 Å². The van der Waals surface area contributed by atoms with Gasteiger partial charge in [0.05, 0.1) is 8.41 Å². The molecule has 0 aromatic rings. The van der Waals surface area contributed by atoms with Crippen molar-refractivity contribution in [1.82, 2.24) is 0 Å². The van der Waals surface area contributed by atoms with E-state index in [0.717, 1.165) is 0 Å². The predicted molar refractivity (Wildman–Crippen MR) is 34.3 cm³/mol. The Hall–Kier alpha value is 2.52. The van der Waals surface area contributed by atoms with Gasteiger partial charge in [-0.15, -0.1) is 12.4 Å². The summed E-state index contributed by atoms with van der Waals surface area (Å²) in [6.45, 7) is 0. The Labute approximate surface area is 87.6 Å². The fraction of sp³-hybridized carbons (Fsp3) is 0. The molecule has 4 heavy (non-hydrogen) atoms. The summed E-state index contributed by atoms with van der Waals surface area (Å²) in [4.78, 5) is 0. The van der Waals surface area contributed by atoms with Crippen LogP contribution in [-0.2, 0) is 0 Å². The number of rotatable bonds is 0. The topological polar surface area (TPSA) is 0 Å². The summed E-state index contributed by atoms with van der Waals surface area (Å²) in [6, 6.07) is 0. The monoisotopic (exact) mass is 120 g/mol. The van der Waals surface area contributed by atoms with E-state index >= 15 is 0 Å². The summed E-state index contributed by atoms with van der Waals surface area (Å²) in [5, 5.41) is 0. The van der Waals surface area contributed by atoms with Crippen molar-refractivity contribution in [3.8, 4) is 0 Å². The molecule has 0 saturated heterocycles. The molecule has 0 rings (SSSR count). The van der Waals surface area contributed by atoms with Crippen LogP contribution in [-0.4, -0.2) is 77.2 Å². The first-order valence-electron chi connectivity index (χ1n) is 0. The standard InChI is InChI=1S/Al.BH3.ClH.K.4H/h;1H3;1H;;;;;. The molecule has 0 heterocycles. The second kappa shape index (κ2) is 17.7. The van der Waals surface area contributed by atoms with Crippen LogP contribution >= 0.6 is 12.4 Å². The van der Waals surface area contributed by atoms with Gasteiger partial charge in [0.15, 0.2) is 17.4 Å². The van der Waals surface area contributed by atoms with Gasteiger partial charge in [-0.3, -0.25) is 0 Å². The van der Waals surface area contributed by atoms with Crippen molar-refractivity contribution in [3.05, 3.63) is 0 Å². The molecular weight excluding hydrogens is 112 g/mol. The summed E-state index contributed by atoms with van der Waals surface area (Å²) in [7, 11) is 0. The Kier molecular flexibility index (Phi) is 139. The number of hydrogen-bond donors (Lipinski definition) is 0. The Morgan fingerprint density at radius 2 is 1.00 bits per heavy atom. The molecular formula is H8AlBClK. The van der Waals surface area contributed by atoms with E-state index in [1.807, 2.05) is 0 Å². The maximum absolute atomic E-state index is 0. The van der Waals surface area contributed by atoms with Gasteiger partial charge in [-0.1, -0.05) is 0 Å². The zero-order valence-corrected chi connectivity index (χ0v) is 1.22. The van der Waals surface area contributed by atoms with Crippen LogP contribution in [0.25, 0.3) is 0 Å². The third-order valence-electron chi connectivity index (χ3n) is 0. The van der Waals surface area contributed by atoms with E-state index < -0.39 is 0 Å². The van der Waals surface area contributed by atoms with E-state index in [2.05, 4.69) is 0 Å². The van der Waals surface area contributed by atoms with E-state index in [1.165, 1.54) is 0 Å². The molecule has 0 amide bonds. The molecule has 0 nitrogen and oxygen atoms in total. The van der Waals surface area contributed by atoms with E-state index in [9.17, 15) is 0 Å². The average Bonchev–Trinajstić information content (AvgIpc) is 0. The summed E-state index contributed by atoms with van der Waals surface area (Å²) < 4.78 is 0. The van der Waals surface area contributed by atoms with Crippen molar-refractivity contribution >= 4 is 89.6 Å². The normalized spacial score (nSPS) is 0. The van der Waals surface area contributed by atoms with E-state index in [4.69, 9.17) is 0 Å². The summed E-state index contributed by atoms with van der Waals surface area (Å²) in [5.41, 5.74) is 0. The van der Waals surface area contributed by atoms with Crippen molar-refractivity contribution in [1.29, 1.82) is 0 Å². The first-order chi connectivity index (χ1) is 0. The second-order valence-corrected chi connectivity index (χ2v) is 0. The van der Waals surface area contributed by atoms with E-state index in [1.54, 1.807) is 0 Å². The third kappa shape index (κ3) is 8.82. The van der Waals surface area contributed by atoms with Crippen LogP contribution in [0.15, 0.2) is 0 Å². The number of halogens is 1. The van der Waals surface area contributed by atoms with Gasteiger partial charge in [0.1, 0.15) is 0 Å². The first kappa shape index (κ1) is 31.3. The Morgan fingerprint density at radius 1 is 1.00 bits per heavy atom. The fourth-order valence-electron chi connectivity index (χ4n) is 0. The van der Waals surface area contributed by atoms with Crippen LogP contribution < -0.4 is 0 Å². The molecule has 0 radical (unpaired) electrons. The second-order valence-electron chi connectivity index (χ2n) is 0. The quantitative estimate of drug-likeness (QED) is 0.308. The molecule has 0 unspecified atom stereocenters. The molecule has 0 aliphatic rings. The van der Waals surface area contributed by atoms with Crippen LogP contribution in [0.4, 0.5) is 0 Å². The summed E-state index contributed by atoms with van der Waals surface area (Å²) >= 11 is 0. The van der Waals surface area contributed by atoms with Crippen molar-refractivity contribution in [3.63, 3.8) is 0 Å². The van der Waals surface area contributed by atoms with Crippen LogP contribution in [0, 0.1) is 0 Å². The molecule has 0 fully saturated rings. The zero-order valence-electron chi connectivity index (χ0n) is 0.408. The average molecular weight is 120 g/mol. The van der Waals surface area contributed by atoms with Crippen LogP contribution in [0.5, 0.6) is 0 Å². The maximum atomic E-state index is 0. The first-order valence-corrected chi connectivity index (χ1v) is 0. The molecule has 0 spiro atoms. The molecule has 0 aromatic heterocycles. The fourth-order valence-corrected chi connectivity index (χ4v) is 0. The predicted octanol–water partition coefficient (Wildman–Crippen LogP) is -2.59. The van der Waals surface area contributed by atoms with Gasteiger partial charge in [-0.2, -0.15) is 0 Å². The van der Waals surface area contributed by atoms with Gasteiger partial charge in [0.25, 0.3) is 0 Å². The number of hydrogen-bond acceptors (Lipinski definition) is 0. The summed E-state index contributed by atoms with van der Waals surface area (Å²) in [6.07, 6.45) is 0. The molecule has 4 heteroatoms. The molecule has 0 N–H and O–H groups in total. The van der Waals surface area contributed by atoms with Gasteiger partial charge < -0.3 is 0 Å². The van der Waals surface area contributed by atoms with Gasteiger partial charge >= 0.3 is 51.4 Å². The zero-order chi connectivity index (χ0) is 0. The van der Waals surface area contributed by atoms with Crippen LogP contribution in [0.2, 0.25) is 0 Å². The molecule has 0 aliphatic carbocycles. The molecule has 0 atom stereocenters. The SMILES string of the molecule is B.Cl.[AlH3].[KH]. The Balaban J connectivity index is 0. The minimum absolute atomic E-state index is 0. The molecule has 0 saturated carbocycles. The van der Waals surface area contributed by atoms with Crippen LogP contribution in [0.3, 0.4) is 0 Å². The van der Waals surface area contributed by atoms with Crippen molar-refractivity contribution in [2.75, 3.05) is 0 Å². The van der Waals surface area contributed by atoms with Crippen molar-refractivity contribution < 1.29 is 0 Å². The molecule has 22 valence electrons. The van der Waals surface area contributed by atoms with E-state index in [-0.39, 0.29) is 89.6 Å². The van der Waals surface area contributed by atoms with Crippen LogP contribution in [0.1, 0.15) is 0 Å². The molecule has 0 aliphatic heterocycles. The van der Waals surface area contributed by atoms with E-state index in [0.29, 0.717) is 0 Å². The van der Waals surface area contributed by atoms with Gasteiger partial charge in [-0.05, 0) is 0 Å². The molecule has 0 aromatic carbocycles. The minimum atomic E-state index is 0. The van der Waals surface area contributed by atoms with Crippen molar-refractivity contribution in [2.45, 2.75) is 0 Å². The Morgan fingerprint density at radius 3 is 1.00 bits per heavy atom. The summed E-state index contributed by atoms with van der Waals surface area (Å²) in [5.74, 6) is 0. The third-order valence-corrected chi connectivity index (χ3v) is 0. The van der Waals surface area contributed by atoms with Gasteiger partial charge in [0, 0.05) is 0 Å². The van der Waals surface area contributed by atoms with Gasteiger partial charge in [-0.25, -0.2) is 0 Å².